The Kier molecular flexibility index (Phi) is 3.47. The zero-order valence-electron chi connectivity index (χ0n) is 10.7. The topological polar surface area (TPSA) is 53.6 Å². The molecule has 5 nitrogen and oxygen atoms in total. The Balaban J connectivity index is 1.99. The Bertz CT molecular complexity index is 424. The molecule has 5 heteroatoms. The fourth-order valence-corrected chi connectivity index (χ4v) is 2.44. The van der Waals surface area contributed by atoms with Crippen LogP contribution in [0.4, 0.5) is 0 Å². The lowest BCUT2D eigenvalue weighted by atomic mass is 9.97. The smallest absolute Gasteiger partial charge is 0.0624 e. The van der Waals surface area contributed by atoms with Crippen molar-refractivity contribution in [3.63, 3.8) is 0 Å². The number of likely N-dealkylation sites (tertiary alicyclic amines) is 1. The molecule has 0 aromatic carbocycles. The van der Waals surface area contributed by atoms with Gasteiger partial charge in [0.05, 0.1) is 17.1 Å². The Hall–Kier alpha value is -1.36. The first-order valence-corrected chi connectivity index (χ1v) is 6.03. The molecule has 0 aliphatic carbocycles. The van der Waals surface area contributed by atoms with E-state index >= 15 is 0 Å². The average molecular weight is 236 g/mol. The zero-order chi connectivity index (χ0) is 12.4. The van der Waals surface area contributed by atoms with Gasteiger partial charge in [-0.25, -0.2) is 0 Å². The van der Waals surface area contributed by atoms with Crippen molar-refractivity contribution in [1.29, 1.82) is 0 Å². The van der Waals surface area contributed by atoms with Crippen molar-refractivity contribution in [3.8, 4) is 0 Å². The molecular weight excluding hydrogens is 216 g/mol. The average Bonchev–Trinajstić information content (AvgIpc) is 2.58. The molecule has 1 aromatic heterocycles. The molecule has 94 valence electrons. The minimum Gasteiger partial charge on any atom is -0.411 e. The van der Waals surface area contributed by atoms with Gasteiger partial charge in [0.15, 0.2) is 0 Å². The van der Waals surface area contributed by atoms with Crippen molar-refractivity contribution in [2.24, 2.45) is 18.1 Å². The maximum absolute atomic E-state index is 8.84. The van der Waals surface area contributed by atoms with Crippen molar-refractivity contribution in [1.82, 2.24) is 14.7 Å². The van der Waals surface area contributed by atoms with E-state index in [0.717, 1.165) is 37.5 Å². The fraction of sp³-hybridized carbons (Fsp3) is 0.667. The molecule has 1 aliphatic heterocycles. The summed E-state index contributed by atoms with van der Waals surface area (Å²) in [4.78, 5) is 2.38. The molecule has 1 fully saturated rings. The van der Waals surface area contributed by atoms with Crippen LogP contribution in [0.5, 0.6) is 0 Å². The summed E-state index contributed by atoms with van der Waals surface area (Å²) in [6.45, 7) is 6.94. The van der Waals surface area contributed by atoms with Crippen molar-refractivity contribution in [3.05, 3.63) is 17.5 Å². The lowest BCUT2D eigenvalue weighted by molar-refractivity contribution is 0.223. The quantitative estimate of drug-likeness (QED) is 0.624. The van der Waals surface area contributed by atoms with Crippen LogP contribution in [0.2, 0.25) is 0 Å². The Morgan fingerprint density at radius 1 is 1.59 bits per heavy atom. The van der Waals surface area contributed by atoms with Crippen LogP contribution in [-0.2, 0) is 13.6 Å². The van der Waals surface area contributed by atoms with Crippen LogP contribution >= 0.6 is 0 Å². The molecule has 0 saturated carbocycles. The summed E-state index contributed by atoms with van der Waals surface area (Å²) in [5, 5.41) is 16.6. The van der Waals surface area contributed by atoms with Crippen molar-refractivity contribution in [2.75, 3.05) is 13.1 Å². The Morgan fingerprint density at radius 2 is 2.35 bits per heavy atom. The second kappa shape index (κ2) is 4.87. The summed E-state index contributed by atoms with van der Waals surface area (Å²) >= 11 is 0. The van der Waals surface area contributed by atoms with Gasteiger partial charge >= 0.3 is 0 Å². The molecule has 2 rings (SSSR count). The minimum atomic E-state index is 0.336. The molecule has 1 atom stereocenters. The molecule has 1 aromatic rings. The van der Waals surface area contributed by atoms with E-state index in [1.54, 1.807) is 0 Å². The summed E-state index contributed by atoms with van der Waals surface area (Å²) in [6, 6.07) is 2.13. The first kappa shape index (κ1) is 12.1. The van der Waals surface area contributed by atoms with E-state index in [2.05, 4.69) is 28.1 Å². The lowest BCUT2D eigenvalue weighted by Gasteiger charge is -2.31. The van der Waals surface area contributed by atoms with Crippen LogP contribution < -0.4 is 0 Å². The van der Waals surface area contributed by atoms with Crippen LogP contribution in [0, 0.1) is 12.8 Å². The van der Waals surface area contributed by atoms with Crippen LogP contribution in [-0.4, -0.2) is 38.7 Å². The number of piperidine rings is 1. The zero-order valence-corrected chi connectivity index (χ0v) is 10.7. The Morgan fingerprint density at radius 3 is 2.88 bits per heavy atom. The molecule has 1 saturated heterocycles. The molecular formula is C12H20N4O. The summed E-state index contributed by atoms with van der Waals surface area (Å²) in [6.07, 6.45) is 0.856. The van der Waals surface area contributed by atoms with Gasteiger partial charge in [0, 0.05) is 39.0 Å². The lowest BCUT2D eigenvalue weighted by Crippen LogP contribution is -2.39. The van der Waals surface area contributed by atoms with Gasteiger partial charge in [-0.05, 0) is 13.0 Å². The monoisotopic (exact) mass is 236 g/mol. The van der Waals surface area contributed by atoms with E-state index < -0.39 is 0 Å². The fourth-order valence-electron chi connectivity index (χ4n) is 2.44. The molecule has 0 radical (unpaired) electrons. The maximum atomic E-state index is 8.84. The molecule has 1 aliphatic rings. The number of nitrogens with zero attached hydrogens (tertiary/aromatic N) is 4. The highest BCUT2D eigenvalue weighted by Gasteiger charge is 2.23. The number of rotatable bonds is 2. The summed E-state index contributed by atoms with van der Waals surface area (Å²) in [5.41, 5.74) is 3.21. The molecule has 2 heterocycles. The van der Waals surface area contributed by atoms with Gasteiger partial charge in [-0.3, -0.25) is 9.58 Å². The molecule has 1 unspecified atom stereocenters. The highest BCUT2D eigenvalue weighted by Crippen LogP contribution is 2.16. The highest BCUT2D eigenvalue weighted by molar-refractivity contribution is 5.86. The molecule has 0 spiro atoms. The van der Waals surface area contributed by atoms with E-state index in [1.165, 1.54) is 5.69 Å². The largest absolute Gasteiger partial charge is 0.411 e. The van der Waals surface area contributed by atoms with E-state index in [4.69, 9.17) is 5.21 Å². The van der Waals surface area contributed by atoms with Gasteiger partial charge in [-0.15, -0.1) is 0 Å². The van der Waals surface area contributed by atoms with Crippen LogP contribution in [0.15, 0.2) is 11.2 Å². The standard InChI is InChI=1S/C12H20N4O/c1-9-7-16(5-4-12(9)14-17)8-11-6-10(2)13-15(11)3/h6,9,17H,4-5,7-8H2,1-3H3. The third kappa shape index (κ3) is 2.66. The van der Waals surface area contributed by atoms with Gasteiger partial charge in [0.25, 0.3) is 0 Å². The van der Waals surface area contributed by atoms with Crippen molar-refractivity contribution < 1.29 is 5.21 Å². The van der Waals surface area contributed by atoms with E-state index in [9.17, 15) is 0 Å². The predicted molar refractivity (Wildman–Crippen MR) is 66.2 cm³/mol. The summed E-state index contributed by atoms with van der Waals surface area (Å²) in [7, 11) is 1.98. The molecule has 0 amide bonds. The van der Waals surface area contributed by atoms with Gasteiger partial charge in [0.1, 0.15) is 0 Å². The Labute approximate surface area is 102 Å². The van der Waals surface area contributed by atoms with Gasteiger partial charge in [0.2, 0.25) is 0 Å². The maximum Gasteiger partial charge on any atom is 0.0624 e. The third-order valence-electron chi connectivity index (χ3n) is 3.40. The highest BCUT2D eigenvalue weighted by atomic mass is 16.4. The van der Waals surface area contributed by atoms with E-state index in [-0.39, 0.29) is 0 Å². The van der Waals surface area contributed by atoms with Gasteiger partial charge in [-0.2, -0.15) is 5.10 Å². The number of hydrogen-bond acceptors (Lipinski definition) is 4. The van der Waals surface area contributed by atoms with Crippen molar-refractivity contribution >= 4 is 5.71 Å². The van der Waals surface area contributed by atoms with Gasteiger partial charge in [-0.1, -0.05) is 12.1 Å². The number of oxime groups is 1. The van der Waals surface area contributed by atoms with Gasteiger partial charge < -0.3 is 5.21 Å². The summed E-state index contributed by atoms with van der Waals surface area (Å²) in [5.74, 6) is 0.336. The van der Waals surface area contributed by atoms with Crippen LogP contribution in [0.3, 0.4) is 0 Å². The minimum absolute atomic E-state index is 0.336. The first-order valence-electron chi connectivity index (χ1n) is 6.03. The number of aryl methyl sites for hydroxylation is 2. The van der Waals surface area contributed by atoms with E-state index in [0.29, 0.717) is 5.92 Å². The van der Waals surface area contributed by atoms with Crippen LogP contribution in [0.1, 0.15) is 24.7 Å². The molecule has 17 heavy (non-hydrogen) atoms. The number of aromatic nitrogens is 2. The van der Waals surface area contributed by atoms with E-state index in [1.807, 2.05) is 18.7 Å². The molecule has 0 bridgehead atoms. The summed E-state index contributed by atoms with van der Waals surface area (Å²) < 4.78 is 1.94. The predicted octanol–water partition coefficient (Wildman–Crippen LogP) is 1.40. The second-order valence-corrected chi connectivity index (χ2v) is 4.88. The number of hydrogen-bond donors (Lipinski definition) is 1. The molecule has 1 N–H and O–H groups in total. The normalized spacial score (nSPS) is 24.4. The SMILES string of the molecule is Cc1cc(CN2CCC(=NO)C(C)C2)n(C)n1. The first-order chi connectivity index (χ1) is 8.10. The second-order valence-electron chi connectivity index (χ2n) is 4.88. The third-order valence-corrected chi connectivity index (χ3v) is 3.40. The van der Waals surface area contributed by atoms with Crippen molar-refractivity contribution in [2.45, 2.75) is 26.8 Å². The van der Waals surface area contributed by atoms with Crippen LogP contribution in [0.25, 0.3) is 0 Å².